The van der Waals surface area contributed by atoms with Crippen molar-refractivity contribution in [2.24, 2.45) is 0 Å². The molecule has 0 aliphatic carbocycles. The molecule has 0 aliphatic heterocycles. The molecule has 0 bridgehead atoms. The zero-order valence-corrected chi connectivity index (χ0v) is 14.9. The average Bonchev–Trinajstić information content (AvgIpc) is 2.70. The van der Waals surface area contributed by atoms with Gasteiger partial charge in [-0.3, -0.25) is 29.8 Å². The molecule has 10 nitrogen and oxygen atoms in total. The van der Waals surface area contributed by atoms with Crippen LogP contribution < -0.4 is 0 Å². The molecule has 0 fully saturated rings. The number of rotatable bonds is 8. The third kappa shape index (κ3) is 5.34. The van der Waals surface area contributed by atoms with Crippen LogP contribution in [-0.4, -0.2) is 40.3 Å². The Hall–Kier alpha value is -3.82. The summed E-state index contributed by atoms with van der Waals surface area (Å²) in [5.41, 5.74) is -0.572. The Bertz CT molecular complexity index is 867. The lowest BCUT2D eigenvalue weighted by Crippen LogP contribution is -2.33. The van der Waals surface area contributed by atoms with Crippen LogP contribution in [0.1, 0.15) is 22.3 Å². The number of amides is 1. The first kappa shape index (κ1) is 20.5. The van der Waals surface area contributed by atoms with Gasteiger partial charge >= 0.3 is 5.97 Å². The summed E-state index contributed by atoms with van der Waals surface area (Å²) in [6, 6.07) is 11.6. The lowest BCUT2D eigenvalue weighted by molar-refractivity contribution is -0.394. The summed E-state index contributed by atoms with van der Waals surface area (Å²) in [6.07, 6.45) is -0.0912. The van der Waals surface area contributed by atoms with Crippen molar-refractivity contribution in [3.8, 4) is 0 Å². The number of nitro groups is 2. The Labute approximate surface area is 159 Å². The molecule has 0 N–H and O–H groups in total. The SMILES string of the molecule is COC(=O)CCN(Cc1ccccc1)C(=O)c1cc([N+](=O)[O-])cc([N+](=O)[O-])c1. The van der Waals surface area contributed by atoms with E-state index in [-0.39, 0.29) is 25.1 Å². The molecule has 146 valence electrons. The van der Waals surface area contributed by atoms with E-state index >= 15 is 0 Å². The molecule has 1 amide bonds. The number of nitrogens with zero attached hydrogens (tertiary/aromatic N) is 3. The molecule has 28 heavy (non-hydrogen) atoms. The fourth-order valence-electron chi connectivity index (χ4n) is 2.50. The van der Waals surface area contributed by atoms with Crippen molar-refractivity contribution in [3.05, 3.63) is 79.9 Å². The van der Waals surface area contributed by atoms with Crippen molar-refractivity contribution in [1.82, 2.24) is 4.90 Å². The van der Waals surface area contributed by atoms with Crippen LogP contribution in [0.3, 0.4) is 0 Å². The topological polar surface area (TPSA) is 133 Å². The predicted molar refractivity (Wildman–Crippen MR) is 97.6 cm³/mol. The first-order valence-corrected chi connectivity index (χ1v) is 8.15. The summed E-state index contributed by atoms with van der Waals surface area (Å²) in [6.45, 7) is 0.101. The molecule has 0 atom stereocenters. The standard InChI is InChI=1S/C18H17N3O7/c1-28-17(22)7-8-19(12-13-5-3-2-4-6-13)18(23)14-9-15(20(24)25)11-16(10-14)21(26)27/h2-6,9-11H,7-8,12H2,1H3. The Morgan fingerprint density at radius 3 is 2.07 bits per heavy atom. The van der Waals surface area contributed by atoms with Gasteiger partial charge in [-0.15, -0.1) is 0 Å². The summed E-state index contributed by atoms with van der Waals surface area (Å²) >= 11 is 0. The first-order valence-electron chi connectivity index (χ1n) is 8.15. The molecule has 2 aromatic rings. The minimum Gasteiger partial charge on any atom is -0.469 e. The van der Waals surface area contributed by atoms with Gasteiger partial charge in [0.25, 0.3) is 17.3 Å². The normalized spacial score (nSPS) is 10.2. The van der Waals surface area contributed by atoms with E-state index in [9.17, 15) is 29.8 Å². The van der Waals surface area contributed by atoms with Crippen molar-refractivity contribution < 1.29 is 24.2 Å². The zero-order chi connectivity index (χ0) is 20.7. The van der Waals surface area contributed by atoms with Gasteiger partial charge in [0.15, 0.2) is 0 Å². The molecule has 0 aliphatic rings. The number of nitro benzene ring substituents is 2. The highest BCUT2D eigenvalue weighted by Gasteiger charge is 2.24. The number of carbonyl (C=O) groups excluding carboxylic acids is 2. The molecule has 0 aromatic heterocycles. The number of hydrogen-bond donors (Lipinski definition) is 0. The molecule has 0 unspecified atom stereocenters. The minimum absolute atomic E-state index is 0.0170. The van der Waals surface area contributed by atoms with E-state index in [1.54, 1.807) is 30.3 Å². The van der Waals surface area contributed by atoms with Crippen LogP contribution in [-0.2, 0) is 16.1 Å². The van der Waals surface area contributed by atoms with Gasteiger partial charge in [-0.1, -0.05) is 30.3 Å². The Kier molecular flexibility index (Phi) is 6.74. The second-order valence-electron chi connectivity index (χ2n) is 5.79. The highest BCUT2D eigenvalue weighted by atomic mass is 16.6. The van der Waals surface area contributed by atoms with Crippen molar-refractivity contribution in [1.29, 1.82) is 0 Å². The monoisotopic (exact) mass is 387 g/mol. The van der Waals surface area contributed by atoms with Crippen molar-refractivity contribution in [3.63, 3.8) is 0 Å². The fourth-order valence-corrected chi connectivity index (χ4v) is 2.50. The molecule has 0 saturated carbocycles. The summed E-state index contributed by atoms with van der Waals surface area (Å²) in [7, 11) is 1.22. The Balaban J connectivity index is 2.38. The van der Waals surface area contributed by atoms with Gasteiger partial charge in [-0.25, -0.2) is 0 Å². The number of esters is 1. The van der Waals surface area contributed by atoms with Crippen molar-refractivity contribution >= 4 is 23.3 Å². The summed E-state index contributed by atoms with van der Waals surface area (Å²) in [5.74, 6) is -1.20. The lowest BCUT2D eigenvalue weighted by Gasteiger charge is -2.22. The molecule has 0 radical (unpaired) electrons. The smallest absolute Gasteiger partial charge is 0.307 e. The van der Waals surface area contributed by atoms with E-state index in [4.69, 9.17) is 0 Å². The van der Waals surface area contributed by atoms with Gasteiger partial charge in [0, 0.05) is 25.2 Å². The quantitative estimate of drug-likeness (QED) is 0.386. The number of methoxy groups -OCH3 is 1. The molecule has 2 aromatic carbocycles. The van der Waals surface area contributed by atoms with E-state index in [2.05, 4.69) is 4.74 Å². The minimum atomic E-state index is -0.806. The third-order valence-corrected chi connectivity index (χ3v) is 3.89. The molecular weight excluding hydrogens is 370 g/mol. The van der Waals surface area contributed by atoms with Crippen LogP contribution in [0.5, 0.6) is 0 Å². The third-order valence-electron chi connectivity index (χ3n) is 3.89. The van der Waals surface area contributed by atoms with Crippen LogP contribution in [0.15, 0.2) is 48.5 Å². The van der Waals surface area contributed by atoms with Crippen LogP contribution in [0.4, 0.5) is 11.4 Å². The number of hydrogen-bond acceptors (Lipinski definition) is 7. The molecule has 0 saturated heterocycles. The van der Waals surface area contributed by atoms with Crippen LogP contribution in [0, 0.1) is 20.2 Å². The van der Waals surface area contributed by atoms with Gasteiger partial charge < -0.3 is 9.64 Å². The van der Waals surface area contributed by atoms with Crippen molar-refractivity contribution in [2.75, 3.05) is 13.7 Å². The van der Waals surface area contributed by atoms with Gasteiger partial charge in [-0.2, -0.15) is 0 Å². The molecular formula is C18H17N3O7. The van der Waals surface area contributed by atoms with Gasteiger partial charge in [0.1, 0.15) is 0 Å². The van der Waals surface area contributed by atoms with Crippen LogP contribution in [0.25, 0.3) is 0 Å². The number of ether oxygens (including phenoxy) is 1. The van der Waals surface area contributed by atoms with Gasteiger partial charge in [0.05, 0.1) is 35.0 Å². The predicted octanol–water partition coefficient (Wildman–Crippen LogP) is 2.71. The zero-order valence-electron chi connectivity index (χ0n) is 14.9. The average molecular weight is 387 g/mol. The molecule has 0 spiro atoms. The fraction of sp³-hybridized carbons (Fsp3) is 0.222. The number of non-ortho nitro benzene ring substituents is 2. The summed E-state index contributed by atoms with van der Waals surface area (Å²) < 4.78 is 4.58. The number of carbonyl (C=O) groups is 2. The maximum absolute atomic E-state index is 12.9. The maximum Gasteiger partial charge on any atom is 0.307 e. The van der Waals surface area contributed by atoms with E-state index in [1.807, 2.05) is 0 Å². The van der Waals surface area contributed by atoms with Gasteiger partial charge in [-0.05, 0) is 5.56 Å². The van der Waals surface area contributed by atoms with E-state index < -0.39 is 33.1 Å². The van der Waals surface area contributed by atoms with E-state index in [0.29, 0.717) is 0 Å². The second kappa shape index (κ2) is 9.21. The second-order valence-corrected chi connectivity index (χ2v) is 5.79. The molecule has 2 rings (SSSR count). The molecule has 0 heterocycles. The largest absolute Gasteiger partial charge is 0.469 e. The van der Waals surface area contributed by atoms with Crippen molar-refractivity contribution in [2.45, 2.75) is 13.0 Å². The number of benzene rings is 2. The maximum atomic E-state index is 12.9. The van der Waals surface area contributed by atoms with Crippen LogP contribution >= 0.6 is 0 Å². The van der Waals surface area contributed by atoms with Crippen LogP contribution in [0.2, 0.25) is 0 Å². The summed E-state index contributed by atoms with van der Waals surface area (Å²) in [5, 5.41) is 22.1. The van der Waals surface area contributed by atoms with E-state index in [0.717, 1.165) is 23.8 Å². The Morgan fingerprint density at radius 2 is 1.57 bits per heavy atom. The van der Waals surface area contributed by atoms with Gasteiger partial charge in [0.2, 0.25) is 0 Å². The first-order chi connectivity index (χ1) is 13.3. The Morgan fingerprint density at radius 1 is 1.00 bits per heavy atom. The molecule has 10 heteroatoms. The highest BCUT2D eigenvalue weighted by Crippen LogP contribution is 2.24. The highest BCUT2D eigenvalue weighted by molar-refractivity contribution is 5.95. The summed E-state index contributed by atoms with van der Waals surface area (Å²) in [4.78, 5) is 46.2. The van der Waals surface area contributed by atoms with E-state index in [1.165, 1.54) is 12.0 Å². The lowest BCUT2D eigenvalue weighted by atomic mass is 10.1.